The van der Waals surface area contributed by atoms with Crippen molar-refractivity contribution in [2.45, 2.75) is 45.1 Å². The zero-order valence-electron chi connectivity index (χ0n) is 9.89. The van der Waals surface area contributed by atoms with Gasteiger partial charge < -0.3 is 10.2 Å². The summed E-state index contributed by atoms with van der Waals surface area (Å²) in [6, 6.07) is 0. The number of aromatic nitrogens is 1. The standard InChI is InChI=1S/C11H17NO3S/c1-6(2)9-12-5-7(16-9)11(3,4)8(13)10(14)15/h5-6,8,13H,1-4H3,(H,14,15). The second-order valence-electron chi connectivity index (χ2n) is 4.68. The van der Waals surface area contributed by atoms with Crippen molar-refractivity contribution in [1.29, 1.82) is 0 Å². The molecule has 0 aliphatic carbocycles. The molecule has 1 heterocycles. The Morgan fingerprint density at radius 1 is 1.50 bits per heavy atom. The summed E-state index contributed by atoms with van der Waals surface area (Å²) in [5, 5.41) is 19.4. The molecule has 90 valence electrons. The van der Waals surface area contributed by atoms with Gasteiger partial charge in [-0.3, -0.25) is 0 Å². The fourth-order valence-electron chi connectivity index (χ4n) is 1.30. The molecule has 0 aliphatic heterocycles. The van der Waals surface area contributed by atoms with Gasteiger partial charge in [-0.15, -0.1) is 11.3 Å². The zero-order valence-corrected chi connectivity index (χ0v) is 10.7. The lowest BCUT2D eigenvalue weighted by molar-refractivity contribution is -0.150. The van der Waals surface area contributed by atoms with E-state index in [0.717, 1.165) is 9.88 Å². The Labute approximate surface area is 99.0 Å². The van der Waals surface area contributed by atoms with E-state index in [1.54, 1.807) is 20.0 Å². The highest BCUT2D eigenvalue weighted by Gasteiger charge is 2.36. The van der Waals surface area contributed by atoms with E-state index >= 15 is 0 Å². The minimum absolute atomic E-state index is 0.316. The van der Waals surface area contributed by atoms with Gasteiger partial charge in [-0.05, 0) is 0 Å². The molecule has 0 aromatic carbocycles. The van der Waals surface area contributed by atoms with E-state index in [1.807, 2.05) is 13.8 Å². The van der Waals surface area contributed by atoms with Crippen LogP contribution in [0, 0.1) is 0 Å². The molecule has 4 nitrogen and oxygen atoms in total. The summed E-state index contributed by atoms with van der Waals surface area (Å²) in [4.78, 5) is 15.8. The lowest BCUT2D eigenvalue weighted by Crippen LogP contribution is -2.39. The van der Waals surface area contributed by atoms with Crippen molar-refractivity contribution < 1.29 is 15.0 Å². The number of thiazole rings is 1. The highest BCUT2D eigenvalue weighted by atomic mass is 32.1. The summed E-state index contributed by atoms with van der Waals surface area (Å²) >= 11 is 1.46. The average molecular weight is 243 g/mol. The number of aliphatic hydroxyl groups is 1. The quantitative estimate of drug-likeness (QED) is 0.848. The maximum absolute atomic E-state index is 10.8. The molecule has 1 atom stereocenters. The molecule has 1 aromatic heterocycles. The van der Waals surface area contributed by atoms with Crippen LogP contribution >= 0.6 is 11.3 Å². The Balaban J connectivity index is 3.02. The van der Waals surface area contributed by atoms with E-state index in [0.29, 0.717) is 5.92 Å². The molecular formula is C11H17NO3S. The summed E-state index contributed by atoms with van der Waals surface area (Å²) in [7, 11) is 0. The molecule has 1 aromatic rings. The van der Waals surface area contributed by atoms with E-state index in [1.165, 1.54) is 11.3 Å². The van der Waals surface area contributed by atoms with Crippen molar-refractivity contribution in [2.75, 3.05) is 0 Å². The first-order valence-corrected chi connectivity index (χ1v) is 5.95. The normalized spacial score (nSPS) is 14.1. The van der Waals surface area contributed by atoms with Gasteiger partial charge in [0.1, 0.15) is 0 Å². The monoisotopic (exact) mass is 243 g/mol. The first-order valence-electron chi connectivity index (χ1n) is 5.14. The number of hydrogen-bond donors (Lipinski definition) is 2. The summed E-state index contributed by atoms with van der Waals surface area (Å²) in [5.41, 5.74) is -0.809. The molecule has 0 aliphatic rings. The molecule has 0 amide bonds. The predicted molar refractivity (Wildman–Crippen MR) is 62.9 cm³/mol. The SMILES string of the molecule is CC(C)c1ncc(C(C)(C)C(O)C(=O)O)s1. The molecule has 2 N–H and O–H groups in total. The van der Waals surface area contributed by atoms with Gasteiger partial charge in [-0.1, -0.05) is 27.7 Å². The number of carbonyl (C=O) groups is 1. The molecule has 1 unspecified atom stereocenters. The minimum atomic E-state index is -1.41. The van der Waals surface area contributed by atoms with Gasteiger partial charge >= 0.3 is 5.97 Å². The van der Waals surface area contributed by atoms with Crippen LogP contribution < -0.4 is 0 Å². The predicted octanol–water partition coefficient (Wildman–Crippen LogP) is 1.99. The number of rotatable bonds is 4. The Morgan fingerprint density at radius 3 is 2.44 bits per heavy atom. The third-order valence-electron chi connectivity index (χ3n) is 2.57. The Morgan fingerprint density at radius 2 is 2.06 bits per heavy atom. The third kappa shape index (κ3) is 2.41. The van der Waals surface area contributed by atoms with Gasteiger partial charge in [0, 0.05) is 22.4 Å². The third-order valence-corrected chi connectivity index (χ3v) is 4.21. The van der Waals surface area contributed by atoms with E-state index < -0.39 is 17.5 Å². The highest BCUT2D eigenvalue weighted by Crippen LogP contribution is 2.33. The van der Waals surface area contributed by atoms with E-state index in [9.17, 15) is 9.90 Å². The number of hydrogen-bond acceptors (Lipinski definition) is 4. The first kappa shape index (κ1) is 13.1. The van der Waals surface area contributed by atoms with Gasteiger partial charge in [-0.25, -0.2) is 9.78 Å². The number of aliphatic hydroxyl groups excluding tert-OH is 1. The van der Waals surface area contributed by atoms with Crippen molar-refractivity contribution >= 4 is 17.3 Å². The first-order chi connectivity index (χ1) is 7.26. The molecular weight excluding hydrogens is 226 g/mol. The van der Waals surface area contributed by atoms with Crippen LogP contribution in [-0.4, -0.2) is 27.3 Å². The Hall–Kier alpha value is -0.940. The summed E-state index contributed by atoms with van der Waals surface area (Å²) < 4.78 is 0. The Bertz CT molecular complexity index is 384. The van der Waals surface area contributed by atoms with Gasteiger partial charge in [0.25, 0.3) is 0 Å². The maximum atomic E-state index is 10.8. The molecule has 5 heteroatoms. The second kappa shape index (κ2) is 4.51. The maximum Gasteiger partial charge on any atom is 0.333 e. The van der Waals surface area contributed by atoms with Crippen LogP contribution in [0.3, 0.4) is 0 Å². The molecule has 16 heavy (non-hydrogen) atoms. The van der Waals surface area contributed by atoms with Crippen molar-refractivity contribution in [3.8, 4) is 0 Å². The summed E-state index contributed by atoms with van der Waals surface area (Å²) in [6.45, 7) is 7.49. The van der Waals surface area contributed by atoms with Gasteiger partial charge in [-0.2, -0.15) is 0 Å². The molecule has 0 radical (unpaired) electrons. The highest BCUT2D eigenvalue weighted by molar-refractivity contribution is 7.11. The van der Waals surface area contributed by atoms with Crippen LogP contribution in [0.15, 0.2) is 6.20 Å². The molecule has 0 saturated heterocycles. The van der Waals surface area contributed by atoms with Gasteiger partial charge in [0.2, 0.25) is 0 Å². The van der Waals surface area contributed by atoms with Gasteiger partial charge in [0.15, 0.2) is 6.10 Å². The molecule has 0 fully saturated rings. The van der Waals surface area contributed by atoms with Crippen molar-refractivity contribution in [3.05, 3.63) is 16.1 Å². The van der Waals surface area contributed by atoms with Crippen molar-refractivity contribution in [3.63, 3.8) is 0 Å². The fourth-order valence-corrected chi connectivity index (χ4v) is 2.34. The fraction of sp³-hybridized carbons (Fsp3) is 0.636. The van der Waals surface area contributed by atoms with Crippen molar-refractivity contribution in [2.24, 2.45) is 0 Å². The number of nitrogens with zero attached hydrogens (tertiary/aromatic N) is 1. The molecule has 1 rings (SSSR count). The van der Waals surface area contributed by atoms with Crippen LogP contribution in [-0.2, 0) is 10.2 Å². The van der Waals surface area contributed by atoms with Crippen LogP contribution in [0.2, 0.25) is 0 Å². The van der Waals surface area contributed by atoms with Crippen LogP contribution in [0.25, 0.3) is 0 Å². The van der Waals surface area contributed by atoms with Crippen LogP contribution in [0.4, 0.5) is 0 Å². The lowest BCUT2D eigenvalue weighted by Gasteiger charge is -2.25. The largest absolute Gasteiger partial charge is 0.479 e. The minimum Gasteiger partial charge on any atom is -0.479 e. The van der Waals surface area contributed by atoms with Gasteiger partial charge in [0.05, 0.1) is 5.01 Å². The van der Waals surface area contributed by atoms with E-state index in [2.05, 4.69) is 4.98 Å². The van der Waals surface area contributed by atoms with Crippen molar-refractivity contribution in [1.82, 2.24) is 4.98 Å². The number of aliphatic carboxylic acids is 1. The summed E-state index contributed by atoms with van der Waals surface area (Å²) in [6.07, 6.45) is 0.250. The van der Waals surface area contributed by atoms with Crippen LogP contribution in [0.5, 0.6) is 0 Å². The number of carboxylic acids is 1. The molecule has 0 spiro atoms. The average Bonchev–Trinajstić information content (AvgIpc) is 2.65. The number of carboxylic acid groups (broad SMARTS) is 1. The van der Waals surface area contributed by atoms with Crippen LogP contribution in [0.1, 0.15) is 43.5 Å². The van der Waals surface area contributed by atoms with E-state index in [-0.39, 0.29) is 0 Å². The summed E-state index contributed by atoms with van der Waals surface area (Å²) in [5.74, 6) is -0.888. The topological polar surface area (TPSA) is 70.4 Å². The molecule has 0 bridgehead atoms. The smallest absolute Gasteiger partial charge is 0.333 e. The lowest BCUT2D eigenvalue weighted by atomic mass is 9.85. The Kier molecular flexibility index (Phi) is 3.70. The zero-order chi connectivity index (χ0) is 12.5. The molecule has 0 saturated carbocycles. The van der Waals surface area contributed by atoms with E-state index in [4.69, 9.17) is 5.11 Å². The second-order valence-corrected chi connectivity index (χ2v) is 5.74.